The van der Waals surface area contributed by atoms with Crippen LogP contribution in [0.5, 0.6) is 0 Å². The molecule has 0 radical (unpaired) electrons. The molecule has 1 amide bonds. The lowest BCUT2D eigenvalue weighted by atomic mass is 10.1. The van der Waals surface area contributed by atoms with Crippen LogP contribution in [0.25, 0.3) is 0 Å². The summed E-state index contributed by atoms with van der Waals surface area (Å²) in [6.07, 6.45) is -0.00209. The average molecular weight is 303 g/mol. The maximum atomic E-state index is 12.1. The molecular formula is C14H25NO4S. The first-order chi connectivity index (χ1) is 8.96. The Hall–Kier alpha value is -0.910. The van der Waals surface area contributed by atoms with Gasteiger partial charge < -0.3 is 14.8 Å². The maximum absolute atomic E-state index is 12.1. The molecular weight excluding hydrogens is 278 g/mol. The standard InChI is InChI=1S/C14H25NO4S/c1-13(2,3)18-11(16)10(7-9-8-20-9)15-12(17)19-14(4,5)6/h9-10H,7-8H2,1-6H3,(H,15,17). The van der Waals surface area contributed by atoms with Crippen LogP contribution in [-0.4, -0.2) is 40.3 Å². The van der Waals surface area contributed by atoms with Crippen molar-refractivity contribution in [1.82, 2.24) is 5.32 Å². The fraction of sp³-hybridized carbons (Fsp3) is 0.857. The summed E-state index contributed by atoms with van der Waals surface area (Å²) in [6.45, 7) is 10.8. The zero-order valence-corrected chi connectivity index (χ0v) is 13.9. The van der Waals surface area contributed by atoms with Gasteiger partial charge in [-0.2, -0.15) is 11.8 Å². The molecule has 1 rings (SSSR count). The van der Waals surface area contributed by atoms with E-state index >= 15 is 0 Å². The molecule has 116 valence electrons. The summed E-state index contributed by atoms with van der Waals surface area (Å²) in [5.41, 5.74) is -1.15. The van der Waals surface area contributed by atoms with E-state index in [2.05, 4.69) is 5.32 Å². The maximum Gasteiger partial charge on any atom is 0.408 e. The normalized spacial score (nSPS) is 20.0. The van der Waals surface area contributed by atoms with E-state index < -0.39 is 29.3 Å². The Morgan fingerprint density at radius 1 is 1.15 bits per heavy atom. The van der Waals surface area contributed by atoms with Gasteiger partial charge in [0.25, 0.3) is 0 Å². The van der Waals surface area contributed by atoms with Crippen molar-refractivity contribution >= 4 is 23.8 Å². The first-order valence-corrected chi connectivity index (χ1v) is 7.85. The number of carbonyl (C=O) groups is 2. The van der Waals surface area contributed by atoms with E-state index in [1.165, 1.54) is 0 Å². The van der Waals surface area contributed by atoms with Gasteiger partial charge in [-0.25, -0.2) is 9.59 Å². The van der Waals surface area contributed by atoms with Gasteiger partial charge in [0.05, 0.1) is 0 Å². The highest BCUT2D eigenvalue weighted by Crippen LogP contribution is 2.34. The van der Waals surface area contributed by atoms with Crippen LogP contribution in [0.3, 0.4) is 0 Å². The number of esters is 1. The number of amides is 1. The van der Waals surface area contributed by atoms with Gasteiger partial charge in [0.1, 0.15) is 17.2 Å². The summed E-state index contributed by atoms with van der Waals surface area (Å²) in [5.74, 6) is 0.616. The zero-order valence-electron chi connectivity index (χ0n) is 13.1. The third-order valence-corrected chi connectivity index (χ3v) is 3.28. The number of alkyl carbamates (subject to hydrolysis) is 1. The topological polar surface area (TPSA) is 64.6 Å². The minimum absolute atomic E-state index is 0.407. The van der Waals surface area contributed by atoms with Gasteiger partial charge in [-0.15, -0.1) is 0 Å². The lowest BCUT2D eigenvalue weighted by Gasteiger charge is -2.26. The molecule has 2 atom stereocenters. The summed E-state index contributed by atoms with van der Waals surface area (Å²) in [5, 5.41) is 3.04. The van der Waals surface area contributed by atoms with Crippen molar-refractivity contribution in [2.24, 2.45) is 0 Å². The van der Waals surface area contributed by atoms with E-state index in [0.29, 0.717) is 11.7 Å². The van der Waals surface area contributed by atoms with Crippen LogP contribution < -0.4 is 5.32 Å². The van der Waals surface area contributed by atoms with E-state index in [4.69, 9.17) is 9.47 Å². The van der Waals surface area contributed by atoms with Crippen LogP contribution in [0, 0.1) is 0 Å². The quantitative estimate of drug-likeness (QED) is 0.639. The van der Waals surface area contributed by atoms with Crippen LogP contribution >= 0.6 is 11.8 Å². The van der Waals surface area contributed by atoms with Crippen LogP contribution in [0.1, 0.15) is 48.0 Å². The lowest BCUT2D eigenvalue weighted by Crippen LogP contribution is -2.46. The van der Waals surface area contributed by atoms with Crippen molar-refractivity contribution in [3.63, 3.8) is 0 Å². The van der Waals surface area contributed by atoms with Gasteiger partial charge in [-0.1, -0.05) is 0 Å². The van der Waals surface area contributed by atoms with Gasteiger partial charge in [-0.05, 0) is 48.0 Å². The fourth-order valence-electron chi connectivity index (χ4n) is 1.50. The predicted octanol–water partition coefficient (Wildman–Crippen LogP) is 2.73. The molecule has 1 N–H and O–H groups in total. The van der Waals surface area contributed by atoms with Crippen LogP contribution in [0.4, 0.5) is 4.79 Å². The molecule has 6 heteroatoms. The van der Waals surface area contributed by atoms with Crippen molar-refractivity contribution in [2.75, 3.05) is 5.75 Å². The molecule has 1 aliphatic heterocycles. The fourth-order valence-corrected chi connectivity index (χ4v) is 2.10. The first kappa shape index (κ1) is 17.1. The molecule has 1 aliphatic rings. The molecule has 0 aromatic carbocycles. The number of nitrogens with one attached hydrogen (secondary N) is 1. The molecule has 0 aromatic heterocycles. The van der Waals surface area contributed by atoms with Gasteiger partial charge in [-0.3, -0.25) is 0 Å². The minimum Gasteiger partial charge on any atom is -0.458 e. The number of ether oxygens (including phenoxy) is 2. The van der Waals surface area contributed by atoms with Crippen LogP contribution in [0.15, 0.2) is 0 Å². The third kappa shape index (κ3) is 7.62. The van der Waals surface area contributed by atoms with E-state index in [1.54, 1.807) is 53.3 Å². The van der Waals surface area contributed by atoms with E-state index in [0.717, 1.165) is 5.75 Å². The zero-order chi connectivity index (χ0) is 15.6. The average Bonchev–Trinajstić information content (AvgIpc) is 2.94. The number of thioether (sulfide) groups is 1. The molecule has 0 spiro atoms. The molecule has 0 aliphatic carbocycles. The number of carbonyl (C=O) groups excluding carboxylic acids is 2. The Kier molecular flexibility index (Phi) is 5.35. The predicted molar refractivity (Wildman–Crippen MR) is 79.9 cm³/mol. The smallest absolute Gasteiger partial charge is 0.408 e. The number of hydrogen-bond acceptors (Lipinski definition) is 5. The van der Waals surface area contributed by atoms with Gasteiger partial charge >= 0.3 is 12.1 Å². The van der Waals surface area contributed by atoms with Gasteiger partial charge in [0.2, 0.25) is 0 Å². The number of rotatable bonds is 4. The summed E-state index contributed by atoms with van der Waals surface area (Å²) >= 11 is 1.77. The molecule has 0 bridgehead atoms. The van der Waals surface area contributed by atoms with Crippen molar-refractivity contribution in [3.05, 3.63) is 0 Å². The van der Waals surface area contributed by atoms with Crippen LogP contribution in [0.2, 0.25) is 0 Å². The Labute approximate surface area is 125 Å². The van der Waals surface area contributed by atoms with E-state index in [9.17, 15) is 9.59 Å². The molecule has 20 heavy (non-hydrogen) atoms. The Balaban J connectivity index is 2.59. The number of hydrogen-bond donors (Lipinski definition) is 1. The minimum atomic E-state index is -0.649. The summed E-state index contributed by atoms with van der Waals surface area (Å²) < 4.78 is 10.5. The molecule has 1 fully saturated rings. The molecule has 0 aromatic rings. The van der Waals surface area contributed by atoms with Crippen molar-refractivity contribution in [1.29, 1.82) is 0 Å². The molecule has 1 heterocycles. The highest BCUT2D eigenvalue weighted by atomic mass is 32.2. The van der Waals surface area contributed by atoms with E-state index in [-0.39, 0.29) is 0 Å². The summed E-state index contributed by atoms with van der Waals surface area (Å²) in [7, 11) is 0. The monoisotopic (exact) mass is 303 g/mol. The van der Waals surface area contributed by atoms with Gasteiger partial charge in [0.15, 0.2) is 0 Å². The largest absolute Gasteiger partial charge is 0.458 e. The highest BCUT2D eigenvalue weighted by Gasteiger charge is 2.34. The Bertz CT molecular complexity index is 366. The van der Waals surface area contributed by atoms with E-state index in [1.807, 2.05) is 0 Å². The van der Waals surface area contributed by atoms with Crippen molar-refractivity contribution in [2.45, 2.75) is 70.5 Å². The molecule has 0 saturated carbocycles. The third-order valence-electron chi connectivity index (χ3n) is 2.28. The molecule has 2 unspecified atom stereocenters. The lowest BCUT2D eigenvalue weighted by molar-refractivity contribution is -0.157. The second-order valence-electron chi connectivity index (χ2n) is 6.92. The summed E-state index contributed by atoms with van der Waals surface area (Å²) in [4.78, 5) is 23.9. The second kappa shape index (κ2) is 6.24. The Morgan fingerprint density at radius 3 is 2.05 bits per heavy atom. The SMILES string of the molecule is CC(C)(C)OC(=O)NC(CC1CS1)C(=O)OC(C)(C)C. The first-order valence-electron chi connectivity index (χ1n) is 6.80. The van der Waals surface area contributed by atoms with Gasteiger partial charge in [0, 0.05) is 11.0 Å². The second-order valence-corrected chi connectivity index (χ2v) is 8.26. The van der Waals surface area contributed by atoms with Crippen molar-refractivity contribution < 1.29 is 19.1 Å². The summed E-state index contributed by atoms with van der Waals surface area (Å²) in [6, 6.07) is -0.649. The Morgan fingerprint density at radius 2 is 1.65 bits per heavy atom. The van der Waals surface area contributed by atoms with Crippen LogP contribution in [-0.2, 0) is 14.3 Å². The van der Waals surface area contributed by atoms with Crippen molar-refractivity contribution in [3.8, 4) is 0 Å². The molecule has 5 nitrogen and oxygen atoms in total. The highest BCUT2D eigenvalue weighted by molar-refractivity contribution is 8.06. The molecule has 1 saturated heterocycles.